The van der Waals surface area contributed by atoms with Gasteiger partial charge in [0.1, 0.15) is 0 Å². The van der Waals surface area contributed by atoms with Crippen LogP contribution in [0.1, 0.15) is 38.5 Å². The molecule has 24 heavy (non-hydrogen) atoms. The second-order valence-electron chi connectivity index (χ2n) is 6.02. The van der Waals surface area contributed by atoms with Crippen molar-refractivity contribution in [3.63, 3.8) is 0 Å². The van der Waals surface area contributed by atoms with E-state index in [1.54, 1.807) is 12.1 Å². The molecule has 8 nitrogen and oxygen atoms in total. The fourth-order valence-corrected chi connectivity index (χ4v) is 2.91. The first-order chi connectivity index (χ1) is 11.7. The van der Waals surface area contributed by atoms with Gasteiger partial charge in [0.05, 0.1) is 12.8 Å². The lowest BCUT2D eigenvalue weighted by Gasteiger charge is -2.20. The Bertz CT molecular complexity index is 674. The minimum atomic E-state index is -0.364. The number of hydrogen-bond acceptors (Lipinski definition) is 5. The average Bonchev–Trinajstić information content (AvgIpc) is 3.25. The van der Waals surface area contributed by atoms with Gasteiger partial charge in [-0.1, -0.05) is 19.3 Å². The number of amides is 2. The summed E-state index contributed by atoms with van der Waals surface area (Å²) in [5.74, 6) is 1.11. The molecule has 3 rings (SSSR count). The zero-order chi connectivity index (χ0) is 16.8. The van der Waals surface area contributed by atoms with E-state index in [1.165, 1.54) is 25.5 Å². The first-order valence-electron chi connectivity index (χ1n) is 8.23. The number of aromatic nitrogens is 3. The van der Waals surface area contributed by atoms with Gasteiger partial charge in [0, 0.05) is 6.42 Å². The Kier molecular flexibility index (Phi) is 5.25. The third-order valence-corrected chi connectivity index (χ3v) is 4.14. The molecule has 1 aliphatic rings. The van der Waals surface area contributed by atoms with Crippen LogP contribution in [-0.2, 0) is 9.59 Å². The van der Waals surface area contributed by atoms with Gasteiger partial charge in [-0.05, 0) is 30.9 Å². The van der Waals surface area contributed by atoms with Gasteiger partial charge >= 0.3 is 0 Å². The molecule has 0 aromatic carbocycles. The van der Waals surface area contributed by atoms with Crippen LogP contribution in [0.15, 0.2) is 22.8 Å². The fourth-order valence-electron chi connectivity index (χ4n) is 2.91. The molecule has 8 heteroatoms. The van der Waals surface area contributed by atoms with Crippen LogP contribution in [0.25, 0.3) is 11.6 Å². The molecule has 1 saturated carbocycles. The molecule has 1 aliphatic carbocycles. The van der Waals surface area contributed by atoms with Crippen LogP contribution in [-0.4, -0.2) is 33.5 Å². The van der Waals surface area contributed by atoms with Crippen LogP contribution in [0.2, 0.25) is 0 Å². The lowest BCUT2D eigenvalue weighted by Crippen LogP contribution is -2.34. The van der Waals surface area contributed by atoms with Crippen molar-refractivity contribution in [1.82, 2.24) is 20.5 Å². The molecule has 0 atom stereocenters. The summed E-state index contributed by atoms with van der Waals surface area (Å²) in [6, 6.07) is 3.47. The standard InChI is InChI=1S/C16H21N5O3/c22-13(9-11-5-2-1-3-6-11)17-10-14(23)18-16-19-15(20-21-16)12-7-4-8-24-12/h4,7-8,11H,1-3,5-6,9-10H2,(H,17,22)(H2,18,19,20,21,23). The number of nitrogens with zero attached hydrogens (tertiary/aromatic N) is 2. The minimum Gasteiger partial charge on any atom is -0.461 e. The Morgan fingerprint density at radius 3 is 2.83 bits per heavy atom. The first-order valence-corrected chi connectivity index (χ1v) is 8.23. The van der Waals surface area contributed by atoms with Crippen molar-refractivity contribution in [2.45, 2.75) is 38.5 Å². The fraction of sp³-hybridized carbons (Fsp3) is 0.500. The van der Waals surface area contributed by atoms with E-state index in [0.717, 1.165) is 12.8 Å². The summed E-state index contributed by atoms with van der Waals surface area (Å²) >= 11 is 0. The van der Waals surface area contributed by atoms with E-state index >= 15 is 0 Å². The first kappa shape index (κ1) is 16.2. The Hall–Kier alpha value is -2.64. The highest BCUT2D eigenvalue weighted by Gasteiger charge is 2.17. The van der Waals surface area contributed by atoms with E-state index in [4.69, 9.17) is 4.42 Å². The topological polar surface area (TPSA) is 113 Å². The second-order valence-corrected chi connectivity index (χ2v) is 6.02. The van der Waals surface area contributed by atoms with Gasteiger partial charge in [-0.25, -0.2) is 0 Å². The molecule has 0 saturated heterocycles. The summed E-state index contributed by atoms with van der Waals surface area (Å²) in [5, 5.41) is 11.8. The van der Waals surface area contributed by atoms with Crippen molar-refractivity contribution >= 4 is 17.8 Å². The van der Waals surface area contributed by atoms with E-state index in [9.17, 15) is 9.59 Å². The number of furan rings is 1. The van der Waals surface area contributed by atoms with E-state index < -0.39 is 0 Å². The smallest absolute Gasteiger partial charge is 0.249 e. The summed E-state index contributed by atoms with van der Waals surface area (Å²) in [5.41, 5.74) is 0. The molecule has 0 bridgehead atoms. The summed E-state index contributed by atoms with van der Waals surface area (Å²) in [4.78, 5) is 27.9. The Morgan fingerprint density at radius 1 is 1.25 bits per heavy atom. The Morgan fingerprint density at radius 2 is 2.08 bits per heavy atom. The molecule has 2 aromatic heterocycles. The van der Waals surface area contributed by atoms with Gasteiger partial charge in [0.2, 0.25) is 17.8 Å². The van der Waals surface area contributed by atoms with Crippen LogP contribution >= 0.6 is 0 Å². The van der Waals surface area contributed by atoms with Crippen LogP contribution in [0.3, 0.4) is 0 Å². The number of H-pyrrole nitrogens is 1. The van der Waals surface area contributed by atoms with Crippen molar-refractivity contribution in [2.24, 2.45) is 5.92 Å². The van der Waals surface area contributed by atoms with E-state index in [0.29, 0.717) is 23.9 Å². The molecular weight excluding hydrogens is 310 g/mol. The lowest BCUT2D eigenvalue weighted by atomic mass is 9.87. The van der Waals surface area contributed by atoms with Gasteiger partial charge in [0.15, 0.2) is 11.6 Å². The third kappa shape index (κ3) is 4.43. The maximum Gasteiger partial charge on any atom is 0.249 e. The van der Waals surface area contributed by atoms with Crippen molar-refractivity contribution in [1.29, 1.82) is 0 Å². The monoisotopic (exact) mass is 331 g/mol. The highest BCUT2D eigenvalue weighted by Crippen LogP contribution is 2.26. The molecular formula is C16H21N5O3. The van der Waals surface area contributed by atoms with E-state index in [2.05, 4.69) is 25.8 Å². The normalized spacial score (nSPS) is 15.2. The number of nitrogens with one attached hydrogen (secondary N) is 3. The molecule has 3 N–H and O–H groups in total. The van der Waals surface area contributed by atoms with Crippen molar-refractivity contribution in [3.05, 3.63) is 18.4 Å². The lowest BCUT2D eigenvalue weighted by molar-refractivity contribution is -0.125. The predicted octanol–water partition coefficient (Wildman–Crippen LogP) is 2.09. The molecule has 0 radical (unpaired) electrons. The number of hydrogen-bond donors (Lipinski definition) is 3. The van der Waals surface area contributed by atoms with Crippen molar-refractivity contribution in [2.75, 3.05) is 11.9 Å². The Balaban J connectivity index is 1.41. The summed E-state index contributed by atoms with van der Waals surface area (Å²) in [6.45, 7) is -0.0871. The maximum atomic E-state index is 11.9. The second kappa shape index (κ2) is 7.76. The van der Waals surface area contributed by atoms with Crippen LogP contribution in [0, 0.1) is 5.92 Å². The molecule has 2 amide bonds. The van der Waals surface area contributed by atoms with E-state index in [-0.39, 0.29) is 24.3 Å². The number of anilines is 1. The number of aromatic amines is 1. The molecule has 0 spiro atoms. The molecule has 0 unspecified atom stereocenters. The molecule has 1 fully saturated rings. The van der Waals surface area contributed by atoms with Crippen LogP contribution in [0.5, 0.6) is 0 Å². The quantitative estimate of drug-likeness (QED) is 0.750. The third-order valence-electron chi connectivity index (χ3n) is 4.14. The molecule has 2 heterocycles. The zero-order valence-electron chi connectivity index (χ0n) is 13.4. The summed E-state index contributed by atoms with van der Waals surface area (Å²) in [6.07, 6.45) is 7.88. The van der Waals surface area contributed by atoms with Gasteiger partial charge in [-0.2, -0.15) is 4.98 Å². The van der Waals surface area contributed by atoms with Gasteiger partial charge in [0.25, 0.3) is 0 Å². The Labute approximate surface area is 139 Å². The van der Waals surface area contributed by atoms with Crippen molar-refractivity contribution in [3.8, 4) is 11.6 Å². The largest absolute Gasteiger partial charge is 0.461 e. The number of rotatable bonds is 6. The highest BCUT2D eigenvalue weighted by atomic mass is 16.3. The van der Waals surface area contributed by atoms with Crippen LogP contribution < -0.4 is 10.6 Å². The van der Waals surface area contributed by atoms with Gasteiger partial charge in [-0.3, -0.25) is 20.0 Å². The molecule has 0 aliphatic heterocycles. The van der Waals surface area contributed by atoms with E-state index in [1.807, 2.05) is 0 Å². The minimum absolute atomic E-state index is 0.0803. The summed E-state index contributed by atoms with van der Waals surface area (Å²) < 4.78 is 5.19. The SMILES string of the molecule is O=C(CC1CCCCC1)NCC(=O)Nc1n[nH]c(-c2ccco2)n1. The highest BCUT2D eigenvalue weighted by molar-refractivity contribution is 5.93. The number of carbonyl (C=O) groups is 2. The molecule has 128 valence electrons. The molecule has 2 aromatic rings. The summed E-state index contributed by atoms with van der Waals surface area (Å²) in [7, 11) is 0. The number of carbonyl (C=O) groups excluding carboxylic acids is 2. The van der Waals surface area contributed by atoms with Gasteiger partial charge in [-0.15, -0.1) is 5.10 Å². The van der Waals surface area contributed by atoms with Crippen molar-refractivity contribution < 1.29 is 14.0 Å². The van der Waals surface area contributed by atoms with Crippen LogP contribution in [0.4, 0.5) is 5.95 Å². The predicted molar refractivity (Wildman–Crippen MR) is 86.9 cm³/mol. The maximum absolute atomic E-state index is 11.9. The zero-order valence-corrected chi connectivity index (χ0v) is 13.4. The average molecular weight is 331 g/mol. The van der Waals surface area contributed by atoms with Gasteiger partial charge < -0.3 is 9.73 Å².